The Kier molecular flexibility index (Phi) is 2.29. The monoisotopic (exact) mass is 193 g/mol. The third-order valence-electron chi connectivity index (χ3n) is 1.62. The molecule has 66 valence electrons. The average Bonchev–Trinajstić information content (AvgIpc) is 2.71. The molecule has 2 heterocycles. The number of rotatable bonds is 2. The summed E-state index contributed by atoms with van der Waals surface area (Å²) in [4.78, 5) is 8.46. The predicted octanol–water partition coefficient (Wildman–Crippen LogP) is 1.01. The van der Waals surface area contributed by atoms with E-state index in [0.717, 1.165) is 4.88 Å². The first-order valence-electron chi connectivity index (χ1n) is 3.71. The van der Waals surface area contributed by atoms with Crippen LogP contribution in [0.4, 0.5) is 0 Å². The van der Waals surface area contributed by atoms with Gasteiger partial charge in [0.1, 0.15) is 12.4 Å². The highest BCUT2D eigenvalue weighted by Gasteiger charge is 2.11. The summed E-state index contributed by atoms with van der Waals surface area (Å²) in [5.74, 6) is 0. The second kappa shape index (κ2) is 3.59. The Morgan fingerprint density at radius 2 is 2.08 bits per heavy atom. The van der Waals surface area contributed by atoms with Gasteiger partial charge in [0.15, 0.2) is 0 Å². The molecular formula is C8H7N3OS. The van der Waals surface area contributed by atoms with E-state index in [9.17, 15) is 5.11 Å². The summed E-state index contributed by atoms with van der Waals surface area (Å²) >= 11 is 1.27. The van der Waals surface area contributed by atoms with Gasteiger partial charge in [0.25, 0.3) is 0 Å². The molecule has 1 unspecified atom stereocenters. The van der Waals surface area contributed by atoms with Crippen molar-refractivity contribution in [3.8, 4) is 0 Å². The van der Waals surface area contributed by atoms with Crippen molar-refractivity contribution in [2.75, 3.05) is 0 Å². The van der Waals surface area contributed by atoms with Crippen LogP contribution in [0.2, 0.25) is 0 Å². The van der Waals surface area contributed by atoms with Crippen LogP contribution in [0.15, 0.2) is 31.0 Å². The molecule has 0 aliphatic carbocycles. The van der Waals surface area contributed by atoms with Gasteiger partial charge in [0.2, 0.25) is 0 Å². The van der Waals surface area contributed by atoms with Crippen LogP contribution in [0.1, 0.15) is 16.5 Å². The van der Waals surface area contributed by atoms with Crippen LogP contribution in [0, 0.1) is 0 Å². The number of aliphatic hydroxyl groups is 1. The fraction of sp³-hybridized carbons (Fsp3) is 0.125. The molecule has 5 heteroatoms. The van der Waals surface area contributed by atoms with Gasteiger partial charge in [-0.25, -0.2) is 14.3 Å². The molecule has 0 aliphatic heterocycles. The minimum atomic E-state index is -0.659. The van der Waals surface area contributed by atoms with Crippen molar-refractivity contribution in [2.45, 2.75) is 6.10 Å². The molecule has 0 bridgehead atoms. The van der Waals surface area contributed by atoms with Gasteiger partial charge < -0.3 is 5.11 Å². The number of hydrogen-bond donors (Lipinski definition) is 1. The van der Waals surface area contributed by atoms with E-state index in [1.807, 2.05) is 0 Å². The first kappa shape index (κ1) is 8.28. The molecule has 0 fully saturated rings. The average molecular weight is 193 g/mol. The normalized spacial score (nSPS) is 12.7. The molecule has 0 aromatic carbocycles. The van der Waals surface area contributed by atoms with Crippen molar-refractivity contribution in [3.63, 3.8) is 0 Å². The van der Waals surface area contributed by atoms with Crippen molar-refractivity contribution in [1.29, 1.82) is 0 Å². The van der Waals surface area contributed by atoms with E-state index in [0.29, 0.717) is 5.56 Å². The SMILES string of the molecule is OC(c1cncnc1)c1ccns1. The third-order valence-corrected chi connectivity index (χ3v) is 2.42. The first-order valence-corrected chi connectivity index (χ1v) is 4.49. The summed E-state index contributed by atoms with van der Waals surface area (Å²) in [7, 11) is 0. The van der Waals surface area contributed by atoms with Gasteiger partial charge in [-0.2, -0.15) is 0 Å². The van der Waals surface area contributed by atoms with Crippen LogP contribution in [0.25, 0.3) is 0 Å². The van der Waals surface area contributed by atoms with Crippen LogP contribution in [0.3, 0.4) is 0 Å². The maximum Gasteiger partial charge on any atom is 0.118 e. The van der Waals surface area contributed by atoms with Gasteiger partial charge in [0, 0.05) is 24.2 Å². The molecule has 1 atom stereocenters. The van der Waals surface area contributed by atoms with Crippen LogP contribution < -0.4 is 0 Å². The second-order valence-electron chi connectivity index (χ2n) is 2.49. The van der Waals surface area contributed by atoms with Gasteiger partial charge in [-0.15, -0.1) is 0 Å². The molecule has 13 heavy (non-hydrogen) atoms. The van der Waals surface area contributed by atoms with E-state index in [1.165, 1.54) is 17.9 Å². The molecule has 2 aromatic heterocycles. The van der Waals surface area contributed by atoms with E-state index in [-0.39, 0.29) is 0 Å². The van der Waals surface area contributed by atoms with Gasteiger partial charge in [0.05, 0.1) is 4.88 Å². The molecule has 0 spiro atoms. The van der Waals surface area contributed by atoms with Crippen LogP contribution in [-0.2, 0) is 0 Å². The van der Waals surface area contributed by atoms with Crippen LogP contribution in [-0.4, -0.2) is 19.4 Å². The number of hydrogen-bond acceptors (Lipinski definition) is 5. The Hall–Kier alpha value is -1.33. The summed E-state index contributed by atoms with van der Waals surface area (Å²) in [6.07, 6.45) is 5.62. The maximum absolute atomic E-state index is 9.77. The summed E-state index contributed by atoms with van der Waals surface area (Å²) in [6.45, 7) is 0. The van der Waals surface area contributed by atoms with Crippen molar-refractivity contribution in [1.82, 2.24) is 14.3 Å². The van der Waals surface area contributed by atoms with Crippen molar-refractivity contribution in [3.05, 3.63) is 41.4 Å². The molecule has 0 saturated carbocycles. The van der Waals surface area contributed by atoms with E-state index >= 15 is 0 Å². The molecule has 2 rings (SSSR count). The number of aromatic nitrogens is 3. The Labute approximate surface area is 79.1 Å². The van der Waals surface area contributed by atoms with E-state index in [1.54, 1.807) is 24.7 Å². The summed E-state index contributed by atoms with van der Waals surface area (Å²) < 4.78 is 3.91. The molecule has 0 aliphatic rings. The molecular weight excluding hydrogens is 186 g/mol. The smallest absolute Gasteiger partial charge is 0.118 e. The third kappa shape index (κ3) is 1.71. The molecule has 1 N–H and O–H groups in total. The highest BCUT2D eigenvalue weighted by atomic mass is 32.1. The second-order valence-corrected chi connectivity index (χ2v) is 3.35. The van der Waals surface area contributed by atoms with Gasteiger partial charge in [-0.1, -0.05) is 0 Å². The Bertz CT molecular complexity index is 362. The van der Waals surface area contributed by atoms with Gasteiger partial charge >= 0.3 is 0 Å². The minimum Gasteiger partial charge on any atom is -0.383 e. The lowest BCUT2D eigenvalue weighted by Crippen LogP contribution is -1.97. The lowest BCUT2D eigenvalue weighted by Gasteiger charge is -2.05. The van der Waals surface area contributed by atoms with Gasteiger partial charge in [-0.3, -0.25) is 0 Å². The topological polar surface area (TPSA) is 58.9 Å². The summed E-state index contributed by atoms with van der Waals surface area (Å²) in [5.41, 5.74) is 0.687. The van der Waals surface area contributed by atoms with Gasteiger partial charge in [-0.05, 0) is 17.6 Å². The van der Waals surface area contributed by atoms with Crippen LogP contribution in [0.5, 0.6) is 0 Å². The fourth-order valence-corrected chi connectivity index (χ4v) is 1.58. The number of nitrogens with zero attached hydrogens (tertiary/aromatic N) is 3. The van der Waals surface area contributed by atoms with Crippen molar-refractivity contribution < 1.29 is 5.11 Å². The zero-order valence-corrected chi connectivity index (χ0v) is 7.48. The largest absolute Gasteiger partial charge is 0.383 e. The molecule has 2 aromatic rings. The van der Waals surface area contributed by atoms with Crippen LogP contribution >= 0.6 is 11.5 Å². The Balaban J connectivity index is 2.29. The first-order chi connectivity index (χ1) is 6.38. The summed E-state index contributed by atoms with van der Waals surface area (Å²) in [6, 6.07) is 1.78. The molecule has 0 saturated heterocycles. The van der Waals surface area contributed by atoms with Crippen molar-refractivity contribution >= 4 is 11.5 Å². The van der Waals surface area contributed by atoms with Crippen molar-refractivity contribution in [2.24, 2.45) is 0 Å². The van der Waals surface area contributed by atoms with E-state index in [2.05, 4.69) is 14.3 Å². The highest BCUT2D eigenvalue weighted by Crippen LogP contribution is 2.22. The summed E-state index contributed by atoms with van der Waals surface area (Å²) in [5, 5.41) is 9.77. The van der Waals surface area contributed by atoms with E-state index in [4.69, 9.17) is 0 Å². The zero-order valence-electron chi connectivity index (χ0n) is 6.66. The van der Waals surface area contributed by atoms with E-state index < -0.39 is 6.10 Å². The molecule has 4 nitrogen and oxygen atoms in total. The molecule has 0 radical (unpaired) electrons. The lowest BCUT2D eigenvalue weighted by atomic mass is 10.2. The zero-order chi connectivity index (χ0) is 9.10. The lowest BCUT2D eigenvalue weighted by molar-refractivity contribution is 0.223. The molecule has 0 amide bonds. The Morgan fingerprint density at radius 1 is 1.31 bits per heavy atom. The predicted molar refractivity (Wildman–Crippen MR) is 48.2 cm³/mol. The Morgan fingerprint density at radius 3 is 2.69 bits per heavy atom. The fourth-order valence-electron chi connectivity index (χ4n) is 0.983. The maximum atomic E-state index is 9.77. The highest BCUT2D eigenvalue weighted by molar-refractivity contribution is 7.05. The standard InChI is InChI=1S/C8H7N3OS/c12-8(7-1-2-11-13-7)6-3-9-5-10-4-6/h1-5,8,12H. The minimum absolute atomic E-state index is 0.659. The number of aliphatic hydroxyl groups excluding tert-OH is 1. The quantitative estimate of drug-likeness (QED) is 0.773.